The lowest BCUT2D eigenvalue weighted by molar-refractivity contribution is -0.133. The molecule has 0 N–H and O–H groups in total. The number of rotatable bonds is 3. The summed E-state index contributed by atoms with van der Waals surface area (Å²) in [4.78, 5) is 33.6. The Kier molecular flexibility index (Phi) is 3.83. The Morgan fingerprint density at radius 1 is 1.38 bits per heavy atom. The van der Waals surface area contributed by atoms with E-state index in [0.717, 1.165) is 44.3 Å². The summed E-state index contributed by atoms with van der Waals surface area (Å²) >= 11 is 1.44. The van der Waals surface area contributed by atoms with Crippen LogP contribution in [0.15, 0.2) is 16.2 Å². The first-order valence-corrected chi connectivity index (χ1v) is 9.40. The second-order valence-corrected chi connectivity index (χ2v) is 7.79. The zero-order chi connectivity index (χ0) is 16.8. The molecule has 2 aromatic heterocycles. The Balaban J connectivity index is 1.61. The second kappa shape index (κ2) is 5.88. The van der Waals surface area contributed by atoms with Crippen LogP contribution >= 0.6 is 11.3 Å². The molecule has 7 heteroatoms. The van der Waals surface area contributed by atoms with Gasteiger partial charge in [0.2, 0.25) is 11.9 Å². The first-order valence-electron chi connectivity index (χ1n) is 8.52. The van der Waals surface area contributed by atoms with Crippen molar-refractivity contribution in [3.05, 3.63) is 21.8 Å². The molecule has 24 heavy (non-hydrogen) atoms. The van der Waals surface area contributed by atoms with Crippen molar-refractivity contribution in [2.24, 2.45) is 13.0 Å². The Bertz CT molecular complexity index is 839. The molecule has 0 aromatic carbocycles. The smallest absolute Gasteiger partial charge is 0.272 e. The van der Waals surface area contributed by atoms with Crippen LogP contribution in [0.2, 0.25) is 0 Å². The first-order chi connectivity index (χ1) is 11.6. The predicted molar refractivity (Wildman–Crippen MR) is 95.6 cm³/mol. The van der Waals surface area contributed by atoms with Crippen LogP contribution in [0, 0.1) is 5.92 Å². The molecule has 128 valence electrons. The fourth-order valence-corrected chi connectivity index (χ4v) is 4.32. The minimum Gasteiger partial charge on any atom is -0.341 e. The molecule has 0 radical (unpaired) electrons. The van der Waals surface area contributed by atoms with Crippen molar-refractivity contribution in [2.45, 2.75) is 31.7 Å². The molecule has 4 rings (SSSR count). The van der Waals surface area contributed by atoms with Crippen LogP contribution in [-0.4, -0.2) is 46.5 Å². The van der Waals surface area contributed by atoms with Crippen molar-refractivity contribution in [1.29, 1.82) is 0 Å². The number of hydrogen-bond donors (Lipinski definition) is 0. The number of carbonyl (C=O) groups is 1. The molecule has 1 aliphatic carbocycles. The Morgan fingerprint density at radius 2 is 2.17 bits per heavy atom. The summed E-state index contributed by atoms with van der Waals surface area (Å²) in [5, 5.41) is 1.91. The quantitative estimate of drug-likeness (QED) is 0.851. The normalized spacial score (nSPS) is 21.2. The van der Waals surface area contributed by atoms with Gasteiger partial charge in [-0.3, -0.25) is 14.2 Å². The molecule has 1 atom stereocenters. The van der Waals surface area contributed by atoms with Gasteiger partial charge < -0.3 is 9.80 Å². The van der Waals surface area contributed by atoms with E-state index >= 15 is 0 Å². The average Bonchev–Trinajstić information content (AvgIpc) is 3.34. The molecule has 2 fully saturated rings. The molecule has 2 aromatic rings. The largest absolute Gasteiger partial charge is 0.341 e. The summed E-state index contributed by atoms with van der Waals surface area (Å²) in [6, 6.07) is 2.09. The van der Waals surface area contributed by atoms with Crippen molar-refractivity contribution in [1.82, 2.24) is 14.5 Å². The maximum Gasteiger partial charge on any atom is 0.272 e. The minimum absolute atomic E-state index is 0.00883. The van der Waals surface area contributed by atoms with Gasteiger partial charge in [-0.25, -0.2) is 4.98 Å². The van der Waals surface area contributed by atoms with Crippen molar-refractivity contribution < 1.29 is 4.79 Å². The number of aromatic nitrogens is 2. The molecule has 1 amide bonds. The van der Waals surface area contributed by atoms with Gasteiger partial charge in [0.15, 0.2) is 0 Å². The van der Waals surface area contributed by atoms with E-state index in [1.54, 1.807) is 11.6 Å². The number of hydrogen-bond acceptors (Lipinski definition) is 5. The van der Waals surface area contributed by atoms with Gasteiger partial charge in [-0.1, -0.05) is 0 Å². The molecule has 0 spiro atoms. The number of carbonyl (C=O) groups excluding carboxylic acids is 1. The number of anilines is 1. The van der Waals surface area contributed by atoms with Crippen molar-refractivity contribution in [2.75, 3.05) is 25.0 Å². The van der Waals surface area contributed by atoms with Crippen molar-refractivity contribution in [3.8, 4) is 0 Å². The maximum atomic E-state index is 12.5. The second-order valence-electron chi connectivity index (χ2n) is 6.88. The van der Waals surface area contributed by atoms with Crippen LogP contribution in [0.1, 0.15) is 25.7 Å². The van der Waals surface area contributed by atoms with Crippen molar-refractivity contribution >= 4 is 33.4 Å². The zero-order valence-corrected chi connectivity index (χ0v) is 14.9. The van der Waals surface area contributed by atoms with Crippen LogP contribution < -0.4 is 10.5 Å². The van der Waals surface area contributed by atoms with E-state index in [-0.39, 0.29) is 23.4 Å². The van der Waals surface area contributed by atoms with E-state index < -0.39 is 0 Å². The summed E-state index contributed by atoms with van der Waals surface area (Å²) in [5.41, 5.74) is 0.775. The lowest BCUT2D eigenvalue weighted by Gasteiger charge is -2.38. The highest BCUT2D eigenvalue weighted by Crippen LogP contribution is 2.32. The molecule has 1 aliphatic heterocycles. The Labute approximate surface area is 144 Å². The van der Waals surface area contributed by atoms with Gasteiger partial charge in [0.05, 0.1) is 5.52 Å². The lowest BCUT2D eigenvalue weighted by atomic mass is 10.0. The number of amides is 1. The minimum atomic E-state index is 0.00883. The number of piperidine rings is 1. The van der Waals surface area contributed by atoms with Gasteiger partial charge in [-0.05, 0) is 37.1 Å². The number of fused-ring (bicyclic) bond motifs is 1. The van der Waals surface area contributed by atoms with E-state index in [2.05, 4.69) is 4.90 Å². The third-order valence-corrected chi connectivity index (χ3v) is 6.06. The third kappa shape index (κ3) is 2.60. The van der Waals surface area contributed by atoms with Gasteiger partial charge in [0, 0.05) is 39.1 Å². The molecule has 2 aliphatic rings. The number of likely N-dealkylation sites (N-methyl/N-ethyl adjacent to an activating group) is 1. The molecule has 1 saturated heterocycles. The monoisotopic (exact) mass is 346 g/mol. The fourth-order valence-electron chi connectivity index (χ4n) is 3.51. The van der Waals surface area contributed by atoms with Gasteiger partial charge in [0.1, 0.15) is 4.70 Å². The van der Waals surface area contributed by atoms with E-state index in [4.69, 9.17) is 4.98 Å². The van der Waals surface area contributed by atoms with Gasteiger partial charge >= 0.3 is 0 Å². The highest BCUT2D eigenvalue weighted by Gasteiger charge is 2.36. The summed E-state index contributed by atoms with van der Waals surface area (Å²) < 4.78 is 2.35. The van der Waals surface area contributed by atoms with Gasteiger partial charge in [-0.2, -0.15) is 0 Å². The molecular weight excluding hydrogens is 324 g/mol. The number of thiophene rings is 1. The summed E-state index contributed by atoms with van der Waals surface area (Å²) in [7, 11) is 3.70. The SMILES string of the molecule is CN(C(=O)C1CC1)C1CCCN(c2nc3ccsc3c(=O)n2C)C1. The third-order valence-electron chi connectivity index (χ3n) is 5.17. The van der Waals surface area contributed by atoms with Crippen LogP contribution in [0.4, 0.5) is 5.95 Å². The lowest BCUT2D eigenvalue weighted by Crippen LogP contribution is -2.50. The molecule has 0 bridgehead atoms. The Hall–Kier alpha value is -1.89. The van der Waals surface area contributed by atoms with Gasteiger partial charge in [-0.15, -0.1) is 11.3 Å². The first kappa shape index (κ1) is 15.6. The molecule has 1 unspecified atom stereocenters. The zero-order valence-electron chi connectivity index (χ0n) is 14.1. The topological polar surface area (TPSA) is 58.4 Å². The summed E-state index contributed by atoms with van der Waals surface area (Å²) in [5.74, 6) is 1.23. The van der Waals surface area contributed by atoms with Crippen LogP contribution in [0.5, 0.6) is 0 Å². The molecule has 1 saturated carbocycles. The van der Waals surface area contributed by atoms with E-state index in [1.807, 2.05) is 23.4 Å². The van der Waals surface area contributed by atoms with Crippen LogP contribution in [-0.2, 0) is 11.8 Å². The van der Waals surface area contributed by atoms with Gasteiger partial charge in [0.25, 0.3) is 5.56 Å². The summed E-state index contributed by atoms with van der Waals surface area (Å²) in [6.07, 6.45) is 4.08. The Morgan fingerprint density at radius 3 is 2.92 bits per heavy atom. The molecule has 6 nitrogen and oxygen atoms in total. The fraction of sp³-hybridized carbons (Fsp3) is 0.588. The van der Waals surface area contributed by atoms with E-state index in [0.29, 0.717) is 10.6 Å². The van der Waals surface area contributed by atoms with E-state index in [1.165, 1.54) is 11.3 Å². The van der Waals surface area contributed by atoms with Crippen LogP contribution in [0.3, 0.4) is 0 Å². The standard InChI is InChI=1S/C17H22N4O2S/c1-19(15(22)11-5-6-11)12-4-3-8-21(10-12)17-18-13-7-9-24-14(13)16(23)20(17)2/h7,9,11-12H,3-6,8,10H2,1-2H3. The van der Waals surface area contributed by atoms with Crippen molar-refractivity contribution in [3.63, 3.8) is 0 Å². The van der Waals surface area contributed by atoms with Crippen LogP contribution in [0.25, 0.3) is 10.2 Å². The predicted octanol–water partition coefficient (Wildman–Crippen LogP) is 1.83. The number of nitrogens with zero attached hydrogens (tertiary/aromatic N) is 4. The maximum absolute atomic E-state index is 12.5. The molecular formula is C17H22N4O2S. The highest BCUT2D eigenvalue weighted by molar-refractivity contribution is 7.17. The summed E-state index contributed by atoms with van der Waals surface area (Å²) in [6.45, 7) is 1.61. The average molecular weight is 346 g/mol. The highest BCUT2D eigenvalue weighted by atomic mass is 32.1. The van der Waals surface area contributed by atoms with E-state index in [9.17, 15) is 9.59 Å². The molecule has 3 heterocycles.